The van der Waals surface area contributed by atoms with E-state index in [0.717, 1.165) is 4.43 Å². The van der Waals surface area contributed by atoms with Gasteiger partial charge < -0.3 is 4.74 Å². The number of unbranched alkanes of at least 4 members (excludes halogenated alkanes) is 1. The minimum absolute atomic E-state index is 0.0174. The largest absolute Gasteiger partial charge is 0.372 e. The standard InChI is InChI=1S/C10H21IO/c1-5-6-7-9(8-11)12-10(2,3)4/h9H,5-8H2,1-4H3. The maximum absolute atomic E-state index is 5.88. The number of hydrogen-bond acceptors (Lipinski definition) is 1. The van der Waals surface area contributed by atoms with Crippen LogP contribution in [0.25, 0.3) is 0 Å². The predicted molar refractivity (Wildman–Crippen MR) is 63.0 cm³/mol. The van der Waals surface area contributed by atoms with E-state index in [1.54, 1.807) is 0 Å². The topological polar surface area (TPSA) is 9.23 Å². The lowest BCUT2D eigenvalue weighted by Crippen LogP contribution is -2.28. The van der Waals surface area contributed by atoms with Gasteiger partial charge in [0.2, 0.25) is 0 Å². The highest BCUT2D eigenvalue weighted by atomic mass is 127. The van der Waals surface area contributed by atoms with E-state index in [9.17, 15) is 0 Å². The Morgan fingerprint density at radius 3 is 2.25 bits per heavy atom. The van der Waals surface area contributed by atoms with Gasteiger partial charge in [0, 0.05) is 4.43 Å². The molecule has 0 aliphatic rings. The van der Waals surface area contributed by atoms with Crippen LogP contribution >= 0.6 is 22.6 Å². The van der Waals surface area contributed by atoms with E-state index in [4.69, 9.17) is 4.74 Å². The summed E-state index contributed by atoms with van der Waals surface area (Å²) < 4.78 is 6.99. The smallest absolute Gasteiger partial charge is 0.0671 e. The molecule has 0 aromatic rings. The Morgan fingerprint density at radius 2 is 1.92 bits per heavy atom. The van der Waals surface area contributed by atoms with Gasteiger partial charge in [0.15, 0.2) is 0 Å². The molecule has 0 aromatic carbocycles. The molecule has 2 heteroatoms. The van der Waals surface area contributed by atoms with E-state index < -0.39 is 0 Å². The summed E-state index contributed by atoms with van der Waals surface area (Å²) >= 11 is 2.40. The summed E-state index contributed by atoms with van der Waals surface area (Å²) in [5, 5.41) is 0. The van der Waals surface area contributed by atoms with Crippen molar-refractivity contribution >= 4 is 22.6 Å². The van der Waals surface area contributed by atoms with E-state index in [1.807, 2.05) is 0 Å². The highest BCUT2D eigenvalue weighted by Crippen LogP contribution is 2.16. The number of ether oxygens (including phenoxy) is 1. The van der Waals surface area contributed by atoms with Crippen molar-refractivity contribution in [2.24, 2.45) is 0 Å². The van der Waals surface area contributed by atoms with Crippen LogP contribution in [0, 0.1) is 0 Å². The van der Waals surface area contributed by atoms with Gasteiger partial charge in [0.25, 0.3) is 0 Å². The van der Waals surface area contributed by atoms with Gasteiger partial charge in [0.1, 0.15) is 0 Å². The number of alkyl halides is 1. The van der Waals surface area contributed by atoms with Gasteiger partial charge in [-0.3, -0.25) is 0 Å². The second kappa shape index (κ2) is 6.19. The van der Waals surface area contributed by atoms with E-state index in [0.29, 0.717) is 6.10 Å². The Kier molecular flexibility index (Phi) is 6.55. The molecule has 0 rings (SSSR count). The molecule has 74 valence electrons. The second-order valence-corrected chi connectivity index (χ2v) is 5.03. The molecule has 0 radical (unpaired) electrons. The molecule has 0 aliphatic heterocycles. The normalized spacial score (nSPS) is 14.8. The lowest BCUT2D eigenvalue weighted by molar-refractivity contribution is -0.0512. The molecule has 0 bridgehead atoms. The van der Waals surface area contributed by atoms with E-state index in [2.05, 4.69) is 50.3 Å². The molecule has 0 aliphatic carbocycles. The fourth-order valence-electron chi connectivity index (χ4n) is 1.10. The van der Waals surface area contributed by atoms with Crippen LogP contribution in [0.4, 0.5) is 0 Å². The van der Waals surface area contributed by atoms with Crippen LogP contribution in [0.2, 0.25) is 0 Å². The average Bonchev–Trinajstić information content (AvgIpc) is 1.95. The van der Waals surface area contributed by atoms with Crippen LogP contribution in [-0.4, -0.2) is 16.1 Å². The van der Waals surface area contributed by atoms with Gasteiger partial charge >= 0.3 is 0 Å². The number of halogens is 1. The van der Waals surface area contributed by atoms with Crippen molar-refractivity contribution in [3.8, 4) is 0 Å². The zero-order chi connectivity index (χ0) is 9.61. The average molecular weight is 284 g/mol. The van der Waals surface area contributed by atoms with Crippen molar-refractivity contribution in [1.82, 2.24) is 0 Å². The fourth-order valence-corrected chi connectivity index (χ4v) is 1.72. The Hall–Kier alpha value is 0.690. The summed E-state index contributed by atoms with van der Waals surface area (Å²) in [6, 6.07) is 0. The van der Waals surface area contributed by atoms with Gasteiger partial charge in [0.05, 0.1) is 11.7 Å². The zero-order valence-corrected chi connectivity index (χ0v) is 10.8. The van der Waals surface area contributed by atoms with Crippen molar-refractivity contribution in [3.63, 3.8) is 0 Å². The third kappa shape index (κ3) is 7.35. The zero-order valence-electron chi connectivity index (χ0n) is 8.69. The molecule has 0 amide bonds. The van der Waals surface area contributed by atoms with Crippen molar-refractivity contribution < 1.29 is 4.74 Å². The van der Waals surface area contributed by atoms with E-state index >= 15 is 0 Å². The van der Waals surface area contributed by atoms with Crippen LogP contribution in [0.5, 0.6) is 0 Å². The van der Waals surface area contributed by atoms with Gasteiger partial charge in [-0.15, -0.1) is 0 Å². The Labute approximate surface area is 90.4 Å². The lowest BCUT2D eigenvalue weighted by atomic mass is 10.1. The van der Waals surface area contributed by atoms with Crippen LogP contribution in [-0.2, 0) is 4.74 Å². The molecule has 1 atom stereocenters. The van der Waals surface area contributed by atoms with Gasteiger partial charge in [-0.2, -0.15) is 0 Å². The van der Waals surface area contributed by atoms with Crippen molar-refractivity contribution in [1.29, 1.82) is 0 Å². The molecule has 12 heavy (non-hydrogen) atoms. The first kappa shape index (κ1) is 12.7. The van der Waals surface area contributed by atoms with E-state index in [1.165, 1.54) is 19.3 Å². The van der Waals surface area contributed by atoms with E-state index in [-0.39, 0.29) is 5.60 Å². The van der Waals surface area contributed by atoms with Gasteiger partial charge in [-0.25, -0.2) is 0 Å². The predicted octanol–water partition coefficient (Wildman–Crippen LogP) is 3.80. The maximum Gasteiger partial charge on any atom is 0.0671 e. The summed E-state index contributed by atoms with van der Waals surface area (Å²) in [5.74, 6) is 0. The molecule has 0 saturated carbocycles. The third-order valence-electron chi connectivity index (χ3n) is 1.57. The van der Waals surface area contributed by atoms with Crippen molar-refractivity contribution in [2.75, 3.05) is 4.43 Å². The summed E-state index contributed by atoms with van der Waals surface area (Å²) in [5.41, 5.74) is 0.0174. The fraction of sp³-hybridized carbons (Fsp3) is 1.00. The molecule has 1 nitrogen and oxygen atoms in total. The van der Waals surface area contributed by atoms with Crippen LogP contribution < -0.4 is 0 Å². The van der Waals surface area contributed by atoms with Gasteiger partial charge in [-0.1, -0.05) is 42.4 Å². The lowest BCUT2D eigenvalue weighted by Gasteiger charge is -2.26. The molecule has 0 N–H and O–H groups in total. The van der Waals surface area contributed by atoms with Gasteiger partial charge in [-0.05, 0) is 27.2 Å². The monoisotopic (exact) mass is 284 g/mol. The second-order valence-electron chi connectivity index (χ2n) is 4.15. The first-order chi connectivity index (χ1) is 5.49. The SMILES string of the molecule is CCCCC(CI)OC(C)(C)C. The Bertz CT molecular complexity index is 107. The number of hydrogen-bond donors (Lipinski definition) is 0. The quantitative estimate of drug-likeness (QED) is 0.551. The summed E-state index contributed by atoms with van der Waals surface area (Å²) in [7, 11) is 0. The molecule has 0 saturated heterocycles. The molecular formula is C10H21IO. The summed E-state index contributed by atoms with van der Waals surface area (Å²) in [6.07, 6.45) is 4.20. The highest BCUT2D eigenvalue weighted by Gasteiger charge is 2.16. The Morgan fingerprint density at radius 1 is 1.33 bits per heavy atom. The van der Waals surface area contributed by atoms with Crippen LogP contribution in [0.3, 0.4) is 0 Å². The van der Waals surface area contributed by atoms with Crippen molar-refractivity contribution in [3.05, 3.63) is 0 Å². The van der Waals surface area contributed by atoms with Crippen molar-refractivity contribution in [2.45, 2.75) is 58.7 Å². The van der Waals surface area contributed by atoms with Crippen LogP contribution in [0.15, 0.2) is 0 Å². The molecule has 0 fully saturated rings. The Balaban J connectivity index is 3.67. The molecule has 0 spiro atoms. The summed E-state index contributed by atoms with van der Waals surface area (Å²) in [6.45, 7) is 8.59. The molecule has 0 aromatic heterocycles. The minimum Gasteiger partial charge on any atom is -0.372 e. The molecular weight excluding hydrogens is 263 g/mol. The van der Waals surface area contributed by atoms with Crippen LogP contribution in [0.1, 0.15) is 47.0 Å². The highest BCUT2D eigenvalue weighted by molar-refractivity contribution is 14.1. The maximum atomic E-state index is 5.88. The minimum atomic E-state index is 0.0174. The number of rotatable bonds is 5. The molecule has 0 heterocycles. The first-order valence-corrected chi connectivity index (χ1v) is 6.26. The first-order valence-electron chi connectivity index (χ1n) is 4.73. The summed E-state index contributed by atoms with van der Waals surface area (Å²) in [4.78, 5) is 0. The third-order valence-corrected chi connectivity index (χ3v) is 2.55. The molecule has 1 unspecified atom stereocenters.